The second-order valence-electron chi connectivity index (χ2n) is 8.54. The number of rotatable bonds is 7. The number of hydrogen-bond acceptors (Lipinski definition) is 5. The molecule has 3 aromatic rings. The van der Waals surface area contributed by atoms with E-state index in [0.29, 0.717) is 43.9 Å². The van der Waals surface area contributed by atoms with Gasteiger partial charge < -0.3 is 15.7 Å². The third-order valence-electron chi connectivity index (χ3n) is 6.14. The van der Waals surface area contributed by atoms with E-state index < -0.39 is 35.3 Å². The smallest absolute Gasteiger partial charge is 0.416 e. The summed E-state index contributed by atoms with van der Waals surface area (Å²) in [6.45, 7) is 0.444. The molecule has 10 heteroatoms. The summed E-state index contributed by atoms with van der Waals surface area (Å²) >= 11 is 0. The Labute approximate surface area is 199 Å². The van der Waals surface area contributed by atoms with E-state index in [0.717, 1.165) is 17.2 Å². The highest BCUT2D eigenvalue weighted by Gasteiger charge is 2.35. The third kappa shape index (κ3) is 5.52. The van der Waals surface area contributed by atoms with Crippen LogP contribution in [0.15, 0.2) is 48.8 Å². The SMILES string of the molecule is NC(=O)Cc1ccc(CCc2ncnc(N3CCCC3c3ccc(C(F)(F)F)cc3O)c2F)cc1. The van der Waals surface area contributed by atoms with Gasteiger partial charge in [0.05, 0.1) is 23.7 Å². The van der Waals surface area contributed by atoms with Crippen molar-refractivity contribution in [1.82, 2.24) is 9.97 Å². The number of benzene rings is 2. The van der Waals surface area contributed by atoms with Crippen LogP contribution in [-0.2, 0) is 30.2 Å². The molecular weight excluding hydrogens is 464 g/mol. The molecule has 0 radical (unpaired) electrons. The number of phenols is 1. The lowest BCUT2D eigenvalue weighted by molar-refractivity contribution is -0.137. The van der Waals surface area contributed by atoms with Crippen molar-refractivity contribution < 1.29 is 27.5 Å². The normalized spacial score (nSPS) is 16.0. The van der Waals surface area contributed by atoms with Crippen molar-refractivity contribution in [3.8, 4) is 5.75 Å². The van der Waals surface area contributed by atoms with Gasteiger partial charge in [-0.1, -0.05) is 30.3 Å². The lowest BCUT2D eigenvalue weighted by atomic mass is 10.0. The van der Waals surface area contributed by atoms with Crippen molar-refractivity contribution in [1.29, 1.82) is 0 Å². The second-order valence-corrected chi connectivity index (χ2v) is 8.54. The minimum atomic E-state index is -4.57. The third-order valence-corrected chi connectivity index (χ3v) is 6.14. The van der Waals surface area contributed by atoms with E-state index in [9.17, 15) is 23.1 Å². The zero-order valence-electron chi connectivity index (χ0n) is 18.7. The van der Waals surface area contributed by atoms with E-state index in [-0.39, 0.29) is 17.9 Å². The van der Waals surface area contributed by atoms with E-state index in [4.69, 9.17) is 5.73 Å². The summed E-state index contributed by atoms with van der Waals surface area (Å²) in [6, 6.07) is 9.64. The number of aryl methyl sites for hydroxylation is 2. The molecule has 0 spiro atoms. The van der Waals surface area contributed by atoms with Gasteiger partial charge in [-0.25, -0.2) is 14.4 Å². The fourth-order valence-corrected chi connectivity index (χ4v) is 4.40. The lowest BCUT2D eigenvalue weighted by Gasteiger charge is -2.27. The largest absolute Gasteiger partial charge is 0.508 e. The van der Waals surface area contributed by atoms with Gasteiger partial charge in [0.25, 0.3) is 0 Å². The van der Waals surface area contributed by atoms with Crippen molar-refractivity contribution >= 4 is 11.7 Å². The molecule has 35 heavy (non-hydrogen) atoms. The maximum absolute atomic E-state index is 15.4. The zero-order valence-corrected chi connectivity index (χ0v) is 18.7. The second kappa shape index (κ2) is 9.89. The quantitative estimate of drug-likeness (QED) is 0.478. The van der Waals surface area contributed by atoms with Crippen LogP contribution in [0.5, 0.6) is 5.75 Å². The van der Waals surface area contributed by atoms with E-state index >= 15 is 4.39 Å². The van der Waals surface area contributed by atoms with Crippen LogP contribution >= 0.6 is 0 Å². The number of phenolic OH excluding ortho intramolecular Hbond substituents is 1. The Morgan fingerprint density at radius 1 is 1.09 bits per heavy atom. The first kappa shape index (κ1) is 24.4. The number of hydrogen-bond donors (Lipinski definition) is 2. The fraction of sp³-hybridized carbons (Fsp3) is 0.320. The van der Waals surface area contributed by atoms with Gasteiger partial charge in [0, 0.05) is 12.1 Å². The number of primary amides is 1. The number of alkyl halides is 3. The summed E-state index contributed by atoms with van der Waals surface area (Å²) in [5.41, 5.74) is 6.51. The van der Waals surface area contributed by atoms with Crippen LogP contribution < -0.4 is 10.6 Å². The Balaban J connectivity index is 1.52. The summed E-state index contributed by atoms with van der Waals surface area (Å²) in [5.74, 6) is -1.42. The monoisotopic (exact) mass is 488 g/mol. The van der Waals surface area contributed by atoms with Crippen LogP contribution in [0.2, 0.25) is 0 Å². The number of anilines is 1. The van der Waals surface area contributed by atoms with Crippen LogP contribution in [0.3, 0.4) is 0 Å². The average molecular weight is 488 g/mol. The molecule has 2 aromatic carbocycles. The molecule has 0 saturated carbocycles. The van der Waals surface area contributed by atoms with Crippen LogP contribution in [0, 0.1) is 5.82 Å². The van der Waals surface area contributed by atoms with Crippen molar-refractivity contribution in [3.63, 3.8) is 0 Å². The molecule has 0 aliphatic carbocycles. The molecule has 1 fully saturated rings. The van der Waals surface area contributed by atoms with Gasteiger partial charge >= 0.3 is 6.18 Å². The summed E-state index contributed by atoms with van der Waals surface area (Å²) < 4.78 is 54.3. The van der Waals surface area contributed by atoms with Crippen LogP contribution in [0.25, 0.3) is 0 Å². The fourth-order valence-electron chi connectivity index (χ4n) is 4.40. The van der Waals surface area contributed by atoms with Gasteiger partial charge in [-0.2, -0.15) is 13.2 Å². The first-order chi connectivity index (χ1) is 16.6. The minimum Gasteiger partial charge on any atom is -0.508 e. The number of amides is 1. The van der Waals surface area contributed by atoms with Crippen LogP contribution in [0.4, 0.5) is 23.4 Å². The molecule has 1 aromatic heterocycles. The molecule has 1 aliphatic rings. The number of carbonyl (C=O) groups is 1. The Kier molecular flexibility index (Phi) is 6.90. The van der Waals surface area contributed by atoms with Gasteiger partial charge in [-0.05, 0) is 48.9 Å². The lowest BCUT2D eigenvalue weighted by Crippen LogP contribution is -2.25. The Hall–Kier alpha value is -3.69. The van der Waals surface area contributed by atoms with Gasteiger partial charge in [0.15, 0.2) is 11.6 Å². The Morgan fingerprint density at radius 3 is 2.46 bits per heavy atom. The van der Waals surface area contributed by atoms with Gasteiger partial charge in [-0.15, -0.1) is 0 Å². The van der Waals surface area contributed by atoms with Gasteiger partial charge in [0.2, 0.25) is 5.91 Å². The average Bonchev–Trinajstić information content (AvgIpc) is 3.27. The Bertz CT molecular complexity index is 1220. The number of carbonyl (C=O) groups excluding carboxylic acids is 1. The predicted octanol–water partition coefficient (Wildman–Crippen LogP) is 4.49. The first-order valence-electron chi connectivity index (χ1n) is 11.2. The van der Waals surface area contributed by atoms with Crippen LogP contribution in [-0.4, -0.2) is 27.5 Å². The first-order valence-corrected chi connectivity index (χ1v) is 11.2. The minimum absolute atomic E-state index is 0.0635. The summed E-state index contributed by atoms with van der Waals surface area (Å²) in [5, 5.41) is 10.3. The molecule has 1 atom stereocenters. The molecule has 6 nitrogen and oxygen atoms in total. The number of halogens is 4. The topological polar surface area (TPSA) is 92.3 Å². The number of nitrogens with zero attached hydrogens (tertiary/aromatic N) is 3. The highest BCUT2D eigenvalue weighted by atomic mass is 19.4. The van der Waals surface area contributed by atoms with E-state index in [1.807, 2.05) is 12.1 Å². The van der Waals surface area contributed by atoms with E-state index in [1.165, 1.54) is 12.4 Å². The summed E-state index contributed by atoms with van der Waals surface area (Å²) in [4.78, 5) is 20.9. The highest BCUT2D eigenvalue weighted by molar-refractivity contribution is 5.76. The van der Waals surface area contributed by atoms with Crippen molar-refractivity contribution in [2.24, 2.45) is 5.73 Å². The Morgan fingerprint density at radius 2 is 1.80 bits per heavy atom. The highest BCUT2D eigenvalue weighted by Crippen LogP contribution is 2.42. The summed E-state index contributed by atoms with van der Waals surface area (Å²) in [6.07, 6.45) is -1.13. The molecular formula is C25H24F4N4O2. The maximum atomic E-state index is 15.4. The van der Waals surface area contributed by atoms with Crippen LogP contribution in [0.1, 0.15) is 46.8 Å². The molecule has 4 rings (SSSR count). The standard InChI is InChI=1S/C25H24F4N4O2/c26-23-19(10-7-15-3-5-16(6-4-15)12-22(30)35)31-14-32-24(23)33-11-1-2-20(33)18-9-8-17(13-21(18)34)25(27,28)29/h3-6,8-9,13-14,20,34H,1-2,7,10-12H2,(H2,30,35). The van der Waals surface area contributed by atoms with Gasteiger partial charge in [-0.3, -0.25) is 4.79 Å². The van der Waals surface area contributed by atoms with E-state index in [1.54, 1.807) is 17.0 Å². The molecule has 1 amide bonds. The van der Waals surface area contributed by atoms with Gasteiger partial charge in [0.1, 0.15) is 12.1 Å². The molecule has 184 valence electrons. The number of aromatic nitrogens is 2. The zero-order chi connectivity index (χ0) is 25.2. The maximum Gasteiger partial charge on any atom is 0.416 e. The predicted molar refractivity (Wildman–Crippen MR) is 121 cm³/mol. The molecule has 3 N–H and O–H groups in total. The van der Waals surface area contributed by atoms with Crippen molar-refractivity contribution in [2.75, 3.05) is 11.4 Å². The molecule has 2 heterocycles. The number of nitrogens with two attached hydrogens (primary N) is 1. The number of aromatic hydroxyl groups is 1. The molecule has 1 unspecified atom stereocenters. The molecule has 0 bridgehead atoms. The molecule has 1 aliphatic heterocycles. The van der Waals surface area contributed by atoms with E-state index in [2.05, 4.69) is 9.97 Å². The molecule has 1 saturated heterocycles. The van der Waals surface area contributed by atoms with Crippen molar-refractivity contribution in [3.05, 3.63) is 82.6 Å². The van der Waals surface area contributed by atoms with Crippen molar-refractivity contribution in [2.45, 2.75) is 44.3 Å². The summed E-state index contributed by atoms with van der Waals surface area (Å²) in [7, 11) is 0.